The maximum Gasteiger partial charge on any atom is 0.573 e. The molecule has 0 radical (unpaired) electrons. The second-order valence-electron chi connectivity index (χ2n) is 4.09. The zero-order valence-electron chi connectivity index (χ0n) is 10.5. The van der Waals surface area contributed by atoms with Crippen molar-refractivity contribution >= 4 is 5.69 Å². The second kappa shape index (κ2) is 5.58. The Hall–Kier alpha value is -2.71. The Morgan fingerprint density at radius 1 is 1.09 bits per heavy atom. The molecule has 0 bridgehead atoms. The highest BCUT2D eigenvalue weighted by atomic mass is 19.4. The minimum atomic E-state index is -4.98. The van der Waals surface area contributed by atoms with Crippen molar-refractivity contribution in [2.75, 3.05) is 0 Å². The molecule has 0 spiro atoms. The van der Waals surface area contributed by atoms with Crippen LogP contribution in [0.2, 0.25) is 0 Å². The first-order chi connectivity index (χ1) is 10.2. The van der Waals surface area contributed by atoms with Crippen LogP contribution in [-0.2, 0) is 0 Å². The van der Waals surface area contributed by atoms with Crippen LogP contribution < -0.4 is 4.74 Å². The molecule has 0 saturated carbocycles. The normalized spacial score (nSPS) is 11.3. The van der Waals surface area contributed by atoms with Crippen LogP contribution in [0.15, 0.2) is 36.4 Å². The van der Waals surface area contributed by atoms with Crippen LogP contribution in [0.25, 0.3) is 11.1 Å². The third-order valence-electron chi connectivity index (χ3n) is 2.63. The molecule has 0 atom stereocenters. The molecule has 0 fully saturated rings. The number of nitrogens with zero attached hydrogens (tertiary/aromatic N) is 1. The average molecular weight is 319 g/mol. The summed E-state index contributed by atoms with van der Waals surface area (Å²) in [6, 6.07) is 5.13. The number of ether oxygens (including phenoxy) is 1. The van der Waals surface area contributed by atoms with Gasteiger partial charge in [-0.25, -0.2) is 8.78 Å². The number of rotatable bonds is 3. The van der Waals surface area contributed by atoms with Gasteiger partial charge in [-0.15, -0.1) is 13.2 Å². The summed E-state index contributed by atoms with van der Waals surface area (Å²) in [5, 5.41) is 10.9. The van der Waals surface area contributed by atoms with E-state index in [1.807, 2.05) is 0 Å². The Morgan fingerprint density at radius 2 is 1.77 bits per heavy atom. The summed E-state index contributed by atoms with van der Waals surface area (Å²) in [6.07, 6.45) is -4.98. The van der Waals surface area contributed by atoms with Gasteiger partial charge >= 0.3 is 6.36 Å². The van der Waals surface area contributed by atoms with Gasteiger partial charge in [0.15, 0.2) is 11.6 Å². The Balaban J connectivity index is 2.59. The number of hydrogen-bond donors (Lipinski definition) is 0. The van der Waals surface area contributed by atoms with E-state index in [9.17, 15) is 32.1 Å². The number of benzene rings is 2. The van der Waals surface area contributed by atoms with E-state index < -0.39 is 39.9 Å². The van der Waals surface area contributed by atoms with Crippen molar-refractivity contribution in [1.29, 1.82) is 0 Å². The standard InChI is InChI=1S/C13H6F5NO3/c14-9-4-5-10(19(20)21)11(12(9)15)7-2-1-3-8(6-7)22-13(16,17)18/h1-6H. The third-order valence-corrected chi connectivity index (χ3v) is 2.63. The van der Waals surface area contributed by atoms with Crippen LogP contribution in [0.1, 0.15) is 0 Å². The van der Waals surface area contributed by atoms with Gasteiger partial charge in [0.05, 0.1) is 10.5 Å². The van der Waals surface area contributed by atoms with Gasteiger partial charge in [0.25, 0.3) is 5.69 Å². The first-order valence-electron chi connectivity index (χ1n) is 5.67. The summed E-state index contributed by atoms with van der Waals surface area (Å²) >= 11 is 0. The lowest BCUT2D eigenvalue weighted by molar-refractivity contribution is -0.384. The lowest BCUT2D eigenvalue weighted by Crippen LogP contribution is -2.17. The minimum Gasteiger partial charge on any atom is -0.406 e. The molecule has 0 amide bonds. The summed E-state index contributed by atoms with van der Waals surface area (Å²) < 4.78 is 67.2. The maximum absolute atomic E-state index is 13.8. The van der Waals surface area contributed by atoms with E-state index in [4.69, 9.17) is 0 Å². The van der Waals surface area contributed by atoms with Crippen LogP contribution in [0.3, 0.4) is 0 Å². The second-order valence-corrected chi connectivity index (χ2v) is 4.09. The predicted molar refractivity (Wildman–Crippen MR) is 65.1 cm³/mol. The predicted octanol–water partition coefficient (Wildman–Crippen LogP) is 4.44. The largest absolute Gasteiger partial charge is 0.573 e. The minimum absolute atomic E-state index is 0.314. The van der Waals surface area contributed by atoms with Crippen molar-refractivity contribution in [3.8, 4) is 16.9 Å². The van der Waals surface area contributed by atoms with Crippen LogP contribution in [-0.4, -0.2) is 11.3 Å². The Kier molecular flexibility index (Phi) is 3.98. The van der Waals surface area contributed by atoms with E-state index in [0.717, 1.165) is 30.3 Å². The van der Waals surface area contributed by atoms with Crippen molar-refractivity contribution in [3.05, 3.63) is 58.1 Å². The smallest absolute Gasteiger partial charge is 0.406 e. The molecule has 0 aliphatic carbocycles. The topological polar surface area (TPSA) is 52.4 Å². The van der Waals surface area contributed by atoms with Gasteiger partial charge in [0, 0.05) is 6.07 Å². The summed E-state index contributed by atoms with van der Waals surface area (Å²) in [5.74, 6) is -3.59. The molecular formula is C13H6F5NO3. The molecule has 0 N–H and O–H groups in total. The molecule has 9 heteroatoms. The van der Waals surface area contributed by atoms with E-state index in [2.05, 4.69) is 4.74 Å². The number of nitro groups is 1. The number of alkyl halides is 3. The quantitative estimate of drug-likeness (QED) is 0.477. The average Bonchev–Trinajstić information content (AvgIpc) is 2.39. The van der Waals surface area contributed by atoms with Gasteiger partial charge in [0.2, 0.25) is 0 Å². The highest BCUT2D eigenvalue weighted by Gasteiger charge is 2.31. The zero-order valence-corrected chi connectivity index (χ0v) is 10.5. The number of halogens is 5. The van der Waals surface area contributed by atoms with E-state index in [0.29, 0.717) is 6.07 Å². The summed E-state index contributed by atoms with van der Waals surface area (Å²) in [7, 11) is 0. The van der Waals surface area contributed by atoms with E-state index in [1.165, 1.54) is 0 Å². The van der Waals surface area contributed by atoms with E-state index in [1.54, 1.807) is 0 Å². The van der Waals surface area contributed by atoms with Crippen molar-refractivity contribution in [3.63, 3.8) is 0 Å². The fourth-order valence-electron chi connectivity index (χ4n) is 1.82. The van der Waals surface area contributed by atoms with Gasteiger partial charge in [-0.3, -0.25) is 10.1 Å². The van der Waals surface area contributed by atoms with Crippen molar-refractivity contribution < 1.29 is 31.6 Å². The molecular weight excluding hydrogens is 313 g/mol. The molecule has 0 aromatic heterocycles. The maximum atomic E-state index is 13.8. The lowest BCUT2D eigenvalue weighted by atomic mass is 10.0. The molecule has 0 aliphatic heterocycles. The van der Waals surface area contributed by atoms with Gasteiger partial charge in [-0.2, -0.15) is 0 Å². The van der Waals surface area contributed by atoms with Gasteiger partial charge in [-0.05, 0) is 23.8 Å². The highest BCUT2D eigenvalue weighted by molar-refractivity contribution is 5.75. The van der Waals surface area contributed by atoms with Crippen LogP contribution in [0, 0.1) is 21.7 Å². The Morgan fingerprint density at radius 3 is 2.36 bits per heavy atom. The van der Waals surface area contributed by atoms with Gasteiger partial charge in [0.1, 0.15) is 5.75 Å². The summed E-state index contributed by atoms with van der Waals surface area (Å²) in [5.41, 5.74) is -1.84. The van der Waals surface area contributed by atoms with Crippen molar-refractivity contribution in [1.82, 2.24) is 0 Å². The molecule has 0 heterocycles. The fraction of sp³-hybridized carbons (Fsp3) is 0.0769. The van der Waals surface area contributed by atoms with Crippen LogP contribution >= 0.6 is 0 Å². The fourth-order valence-corrected chi connectivity index (χ4v) is 1.82. The summed E-state index contributed by atoms with van der Waals surface area (Å²) in [6.45, 7) is 0. The monoisotopic (exact) mass is 319 g/mol. The molecule has 0 unspecified atom stereocenters. The molecule has 4 nitrogen and oxygen atoms in total. The summed E-state index contributed by atoms with van der Waals surface area (Å²) in [4.78, 5) is 9.91. The van der Waals surface area contributed by atoms with Crippen LogP contribution in [0.5, 0.6) is 5.75 Å². The van der Waals surface area contributed by atoms with Crippen molar-refractivity contribution in [2.45, 2.75) is 6.36 Å². The molecule has 0 aliphatic rings. The first kappa shape index (κ1) is 15.7. The molecule has 2 aromatic rings. The first-order valence-corrected chi connectivity index (χ1v) is 5.67. The van der Waals surface area contributed by atoms with E-state index >= 15 is 0 Å². The number of hydrogen-bond acceptors (Lipinski definition) is 3. The lowest BCUT2D eigenvalue weighted by Gasteiger charge is -2.11. The zero-order chi connectivity index (χ0) is 16.5. The number of nitro benzene ring substituents is 1. The SMILES string of the molecule is O=[N+]([O-])c1ccc(F)c(F)c1-c1cccc(OC(F)(F)F)c1. The Bertz CT molecular complexity index is 730. The molecule has 2 aromatic carbocycles. The highest BCUT2D eigenvalue weighted by Crippen LogP contribution is 2.36. The molecule has 2 rings (SSSR count). The van der Waals surface area contributed by atoms with Gasteiger partial charge in [-0.1, -0.05) is 12.1 Å². The van der Waals surface area contributed by atoms with Crippen LogP contribution in [0.4, 0.5) is 27.6 Å². The molecule has 0 saturated heterocycles. The third kappa shape index (κ3) is 3.30. The Labute approximate surface area is 119 Å². The molecule has 22 heavy (non-hydrogen) atoms. The van der Waals surface area contributed by atoms with Crippen molar-refractivity contribution in [2.24, 2.45) is 0 Å². The molecule has 116 valence electrons. The van der Waals surface area contributed by atoms with Gasteiger partial charge < -0.3 is 4.74 Å². The van der Waals surface area contributed by atoms with E-state index in [-0.39, 0.29) is 5.56 Å².